The molecule has 11 heteroatoms. The van der Waals surface area contributed by atoms with E-state index in [0.29, 0.717) is 11.5 Å². The fourth-order valence-electron chi connectivity index (χ4n) is 5.29. The first-order chi connectivity index (χ1) is 20.8. The Morgan fingerprint density at radius 3 is 1.95 bits per heavy atom. The summed E-state index contributed by atoms with van der Waals surface area (Å²) in [5.41, 5.74) is -0.523. The van der Waals surface area contributed by atoms with Gasteiger partial charge in [0.2, 0.25) is 0 Å². The quantitative estimate of drug-likeness (QED) is 0.219. The summed E-state index contributed by atoms with van der Waals surface area (Å²) >= 11 is 0. The van der Waals surface area contributed by atoms with Crippen LogP contribution < -0.4 is 20.7 Å². The van der Waals surface area contributed by atoms with E-state index < -0.39 is 47.4 Å². The number of carbonyl (C=O) groups excluding carboxylic acids is 1. The van der Waals surface area contributed by atoms with Crippen molar-refractivity contribution in [3.8, 4) is 11.5 Å². The van der Waals surface area contributed by atoms with E-state index in [1.54, 1.807) is 14.2 Å². The molecule has 1 aliphatic rings. The van der Waals surface area contributed by atoms with Crippen molar-refractivity contribution in [2.24, 2.45) is 0 Å². The van der Waals surface area contributed by atoms with E-state index in [-0.39, 0.29) is 6.61 Å². The summed E-state index contributed by atoms with van der Waals surface area (Å²) in [4.78, 5) is 38.2. The Hall–Kier alpha value is -4.74. The van der Waals surface area contributed by atoms with E-state index in [4.69, 9.17) is 23.7 Å². The van der Waals surface area contributed by atoms with Gasteiger partial charge in [-0.25, -0.2) is 9.18 Å². The third-order valence-corrected chi connectivity index (χ3v) is 7.33. The fraction of sp³-hybridized carbons (Fsp3) is 0.281. The summed E-state index contributed by atoms with van der Waals surface area (Å²) in [6.07, 6.45) is -4.80. The largest absolute Gasteiger partial charge is 0.497 e. The van der Waals surface area contributed by atoms with Gasteiger partial charge in [0.05, 0.1) is 20.8 Å². The van der Waals surface area contributed by atoms with Gasteiger partial charge in [-0.15, -0.1) is 0 Å². The second kappa shape index (κ2) is 12.6. The zero-order valence-corrected chi connectivity index (χ0v) is 23.8. The van der Waals surface area contributed by atoms with E-state index >= 15 is 4.39 Å². The molecule has 0 aliphatic carbocycles. The second-order valence-electron chi connectivity index (χ2n) is 9.92. The van der Waals surface area contributed by atoms with Gasteiger partial charge in [0.25, 0.3) is 5.56 Å². The molecule has 0 radical (unpaired) electrons. The number of esters is 1. The molecular weight excluding hydrogens is 559 g/mol. The Bertz CT molecular complexity index is 1610. The number of nitrogens with one attached hydrogen (secondary N) is 1. The van der Waals surface area contributed by atoms with Crippen molar-refractivity contribution in [1.29, 1.82) is 0 Å². The molecule has 2 heterocycles. The highest BCUT2D eigenvalue weighted by molar-refractivity contribution is 5.66. The van der Waals surface area contributed by atoms with Crippen LogP contribution in [0.4, 0.5) is 4.39 Å². The van der Waals surface area contributed by atoms with Crippen LogP contribution in [0.3, 0.4) is 0 Å². The second-order valence-corrected chi connectivity index (χ2v) is 9.92. The number of aromatic nitrogens is 2. The van der Waals surface area contributed by atoms with E-state index in [9.17, 15) is 14.4 Å². The van der Waals surface area contributed by atoms with Crippen molar-refractivity contribution in [1.82, 2.24) is 9.55 Å². The van der Waals surface area contributed by atoms with Gasteiger partial charge in [-0.1, -0.05) is 54.6 Å². The van der Waals surface area contributed by atoms with Crippen molar-refractivity contribution >= 4 is 5.97 Å². The van der Waals surface area contributed by atoms with Crippen molar-refractivity contribution in [3.05, 3.63) is 129 Å². The number of ether oxygens (including phenoxy) is 5. The number of alkyl halides is 1. The molecule has 4 aromatic rings. The molecule has 43 heavy (non-hydrogen) atoms. The monoisotopic (exact) mass is 590 g/mol. The summed E-state index contributed by atoms with van der Waals surface area (Å²) in [5.74, 6) is 0.559. The number of H-pyrrole nitrogens is 1. The molecule has 1 aliphatic heterocycles. The molecule has 1 unspecified atom stereocenters. The molecular formula is C32H31FN2O8. The van der Waals surface area contributed by atoms with Gasteiger partial charge >= 0.3 is 11.7 Å². The van der Waals surface area contributed by atoms with Crippen LogP contribution in [0.15, 0.2) is 101 Å². The zero-order chi connectivity index (χ0) is 30.6. The number of aromatic amines is 1. The molecule has 0 saturated carbocycles. The van der Waals surface area contributed by atoms with Gasteiger partial charge in [0.1, 0.15) is 23.2 Å². The van der Waals surface area contributed by atoms with E-state index in [2.05, 4.69) is 4.98 Å². The minimum Gasteiger partial charge on any atom is -0.497 e. The molecule has 1 aromatic heterocycles. The molecule has 4 atom stereocenters. The number of methoxy groups -OCH3 is 2. The van der Waals surface area contributed by atoms with Gasteiger partial charge in [-0.2, -0.15) is 0 Å². The lowest BCUT2D eigenvalue weighted by Gasteiger charge is -2.37. The molecule has 1 fully saturated rings. The summed E-state index contributed by atoms with van der Waals surface area (Å²) in [6, 6.07) is 25.3. The molecule has 224 valence electrons. The highest BCUT2D eigenvalue weighted by atomic mass is 19.1. The summed E-state index contributed by atoms with van der Waals surface area (Å²) in [5, 5.41) is 0. The minimum atomic E-state index is -1.94. The first-order valence-corrected chi connectivity index (χ1v) is 13.5. The molecule has 0 spiro atoms. The minimum absolute atomic E-state index is 0.250. The van der Waals surface area contributed by atoms with Gasteiger partial charge in [0.15, 0.2) is 18.5 Å². The van der Waals surface area contributed by atoms with Crippen LogP contribution in [0.2, 0.25) is 0 Å². The van der Waals surface area contributed by atoms with Crippen LogP contribution >= 0.6 is 0 Å². The molecule has 10 nitrogen and oxygen atoms in total. The molecule has 5 rings (SSSR count). The third-order valence-electron chi connectivity index (χ3n) is 7.33. The lowest BCUT2D eigenvalue weighted by atomic mass is 9.80. The van der Waals surface area contributed by atoms with E-state index in [0.717, 1.165) is 40.4 Å². The van der Waals surface area contributed by atoms with Gasteiger partial charge in [0, 0.05) is 19.2 Å². The molecule has 1 N–H and O–H groups in total. The van der Waals surface area contributed by atoms with Crippen LogP contribution in [0.25, 0.3) is 0 Å². The number of rotatable bonds is 10. The van der Waals surface area contributed by atoms with Gasteiger partial charge in [-0.05, 0) is 41.0 Å². The number of carbonyl (C=O) groups is 1. The molecule has 1 saturated heterocycles. The van der Waals surface area contributed by atoms with Crippen molar-refractivity contribution in [3.63, 3.8) is 0 Å². The lowest BCUT2D eigenvalue weighted by Crippen LogP contribution is -2.40. The van der Waals surface area contributed by atoms with Crippen molar-refractivity contribution in [2.75, 3.05) is 20.8 Å². The fourth-order valence-corrected chi connectivity index (χ4v) is 5.29. The number of hydrogen-bond acceptors (Lipinski definition) is 8. The number of halogens is 1. The average Bonchev–Trinajstić information content (AvgIpc) is 3.32. The number of benzene rings is 3. The van der Waals surface area contributed by atoms with Crippen LogP contribution in [0.1, 0.15) is 29.8 Å². The van der Waals surface area contributed by atoms with Crippen LogP contribution in [0, 0.1) is 0 Å². The Labute approximate surface area is 246 Å². The highest BCUT2D eigenvalue weighted by Gasteiger charge is 2.50. The maximum absolute atomic E-state index is 15.8. The topological polar surface area (TPSA) is 118 Å². The van der Waals surface area contributed by atoms with E-state index in [1.807, 2.05) is 78.9 Å². The molecule has 0 amide bonds. The first-order valence-electron chi connectivity index (χ1n) is 13.5. The third kappa shape index (κ3) is 5.95. The number of nitrogens with zero attached hydrogens (tertiary/aromatic N) is 1. The zero-order valence-electron chi connectivity index (χ0n) is 23.8. The highest BCUT2D eigenvalue weighted by Crippen LogP contribution is 2.43. The summed E-state index contributed by atoms with van der Waals surface area (Å²) in [7, 11) is 3.15. The van der Waals surface area contributed by atoms with Gasteiger partial charge in [-0.3, -0.25) is 19.1 Å². The van der Waals surface area contributed by atoms with E-state index in [1.165, 1.54) is 0 Å². The SMILES string of the molecule is COc1ccc(C(OC[C@H]2O[C@@H](n3ccc(=O)[nH]c3=O)C(F)[C@H]2OC(C)=O)(c2ccccc2)c2ccc(OC)cc2)cc1. The first kappa shape index (κ1) is 29.7. The van der Waals surface area contributed by atoms with Gasteiger partial charge < -0.3 is 23.7 Å². The summed E-state index contributed by atoms with van der Waals surface area (Å²) in [6.45, 7) is 0.910. The number of hydrogen-bond donors (Lipinski definition) is 1. The normalized spacial score (nSPS) is 20.0. The maximum atomic E-state index is 15.8. The average molecular weight is 591 g/mol. The Morgan fingerprint density at radius 2 is 1.44 bits per heavy atom. The molecule has 0 bridgehead atoms. The van der Waals surface area contributed by atoms with Crippen LogP contribution in [-0.2, 0) is 24.6 Å². The van der Waals surface area contributed by atoms with Crippen molar-refractivity contribution < 1.29 is 32.9 Å². The Morgan fingerprint density at radius 1 is 0.884 bits per heavy atom. The predicted octanol–water partition coefficient (Wildman–Crippen LogP) is 3.73. The van der Waals surface area contributed by atoms with Crippen LogP contribution in [-0.4, -0.2) is 54.7 Å². The molecule has 3 aromatic carbocycles. The lowest BCUT2D eigenvalue weighted by molar-refractivity contribution is -0.154. The smallest absolute Gasteiger partial charge is 0.330 e. The maximum Gasteiger partial charge on any atom is 0.330 e. The predicted molar refractivity (Wildman–Crippen MR) is 154 cm³/mol. The Kier molecular flexibility index (Phi) is 8.74. The standard InChI is InChI=1S/C32H31FN2O8/c1-20(36)42-29-26(43-30(28(29)33)35-18-17-27(37)34-31(35)38)19-41-32(21-7-5-4-6-8-21,22-9-13-24(39-2)14-10-22)23-11-15-25(40-3)16-12-23/h4-18,26,28-30H,19H2,1-3H3,(H,34,37,38)/t26-,28?,29+,30-/m1/s1. The van der Waals surface area contributed by atoms with Crippen LogP contribution in [0.5, 0.6) is 11.5 Å². The Balaban J connectivity index is 1.60. The van der Waals surface area contributed by atoms with Crippen molar-refractivity contribution in [2.45, 2.75) is 37.1 Å². The summed E-state index contributed by atoms with van der Waals surface area (Å²) < 4.78 is 45.7.